The molecule has 2 aromatic rings. The van der Waals surface area contributed by atoms with Crippen LogP contribution in [-0.2, 0) is 13.0 Å². The molecule has 6 heteroatoms. The monoisotopic (exact) mass is 311 g/mol. The lowest BCUT2D eigenvalue weighted by atomic mass is 10.2. The number of nitrogens with one attached hydrogen (secondary N) is 1. The van der Waals surface area contributed by atoms with E-state index in [1.165, 1.54) is 0 Å². The Hall–Kier alpha value is -1.40. The Morgan fingerprint density at radius 2 is 2.28 bits per heavy atom. The highest BCUT2D eigenvalue weighted by molar-refractivity contribution is 9.10. The van der Waals surface area contributed by atoms with Crippen molar-refractivity contribution in [2.75, 3.05) is 6.54 Å². The minimum atomic E-state index is 0.251. The van der Waals surface area contributed by atoms with Gasteiger partial charge in [0.15, 0.2) is 5.82 Å². The second-order valence-electron chi connectivity index (χ2n) is 3.94. The Kier molecular flexibility index (Phi) is 4.33. The summed E-state index contributed by atoms with van der Waals surface area (Å²) in [4.78, 5) is 4.12. The van der Waals surface area contributed by atoms with Gasteiger partial charge in [-0.1, -0.05) is 11.2 Å². The van der Waals surface area contributed by atoms with Crippen LogP contribution in [0.5, 0.6) is 5.75 Å². The lowest BCUT2D eigenvalue weighted by Gasteiger charge is -2.04. The van der Waals surface area contributed by atoms with Gasteiger partial charge in [-0.05, 0) is 33.6 Å². The van der Waals surface area contributed by atoms with Gasteiger partial charge in [0.2, 0.25) is 5.89 Å². The summed E-state index contributed by atoms with van der Waals surface area (Å²) in [5, 5.41) is 16.5. The van der Waals surface area contributed by atoms with Crippen LogP contribution in [0, 0.1) is 6.92 Å². The maximum atomic E-state index is 9.37. The Morgan fingerprint density at radius 3 is 2.94 bits per heavy atom. The van der Waals surface area contributed by atoms with Crippen molar-refractivity contribution < 1.29 is 9.63 Å². The van der Waals surface area contributed by atoms with E-state index in [1.807, 2.05) is 12.1 Å². The van der Waals surface area contributed by atoms with Crippen LogP contribution in [0.1, 0.15) is 17.3 Å². The zero-order valence-corrected chi connectivity index (χ0v) is 11.6. The van der Waals surface area contributed by atoms with E-state index in [-0.39, 0.29) is 5.75 Å². The number of benzene rings is 1. The topological polar surface area (TPSA) is 71.2 Å². The molecule has 2 rings (SSSR count). The van der Waals surface area contributed by atoms with Crippen LogP contribution in [-0.4, -0.2) is 21.8 Å². The predicted molar refractivity (Wildman–Crippen MR) is 70.3 cm³/mol. The van der Waals surface area contributed by atoms with Crippen LogP contribution < -0.4 is 5.32 Å². The smallest absolute Gasteiger partial charge is 0.223 e. The number of halogens is 1. The third-order valence-electron chi connectivity index (χ3n) is 2.44. The molecule has 0 aliphatic rings. The maximum Gasteiger partial charge on any atom is 0.223 e. The zero-order chi connectivity index (χ0) is 13.0. The summed E-state index contributed by atoms with van der Waals surface area (Å²) < 4.78 is 5.59. The van der Waals surface area contributed by atoms with Gasteiger partial charge in [0.25, 0.3) is 0 Å². The second kappa shape index (κ2) is 5.97. The van der Waals surface area contributed by atoms with Crippen LogP contribution in [0.2, 0.25) is 0 Å². The normalized spacial score (nSPS) is 10.8. The number of hydrogen-bond donors (Lipinski definition) is 2. The van der Waals surface area contributed by atoms with Gasteiger partial charge in [0.1, 0.15) is 5.75 Å². The first-order valence-corrected chi connectivity index (χ1v) is 6.42. The van der Waals surface area contributed by atoms with Crippen molar-refractivity contribution in [3.63, 3.8) is 0 Å². The zero-order valence-electron chi connectivity index (χ0n) is 9.98. The molecule has 0 radical (unpaired) electrons. The van der Waals surface area contributed by atoms with E-state index in [0.717, 1.165) is 25.1 Å². The Labute approximate surface area is 113 Å². The number of aromatic hydroxyl groups is 1. The highest BCUT2D eigenvalue weighted by Gasteiger charge is 2.02. The minimum absolute atomic E-state index is 0.251. The second-order valence-corrected chi connectivity index (χ2v) is 4.80. The number of phenols is 1. The molecule has 1 aromatic heterocycles. The average molecular weight is 312 g/mol. The largest absolute Gasteiger partial charge is 0.507 e. The summed E-state index contributed by atoms with van der Waals surface area (Å²) in [6.07, 6.45) is 0.733. The third-order valence-corrected chi connectivity index (χ3v) is 3.07. The first kappa shape index (κ1) is 13.0. The minimum Gasteiger partial charge on any atom is -0.507 e. The van der Waals surface area contributed by atoms with Crippen molar-refractivity contribution in [2.45, 2.75) is 19.9 Å². The molecule has 0 saturated heterocycles. The van der Waals surface area contributed by atoms with Gasteiger partial charge in [-0.25, -0.2) is 0 Å². The molecule has 0 aliphatic heterocycles. The molecule has 0 bridgehead atoms. The van der Waals surface area contributed by atoms with Crippen molar-refractivity contribution in [3.8, 4) is 5.75 Å². The number of aromatic nitrogens is 2. The molecule has 0 unspecified atom stereocenters. The van der Waals surface area contributed by atoms with Gasteiger partial charge in [-0.3, -0.25) is 0 Å². The lowest BCUT2D eigenvalue weighted by Crippen LogP contribution is -2.17. The molecule has 0 aliphatic carbocycles. The molecule has 0 fully saturated rings. The molecule has 1 heterocycles. The van der Waals surface area contributed by atoms with Crippen molar-refractivity contribution >= 4 is 15.9 Å². The fourth-order valence-electron chi connectivity index (χ4n) is 1.54. The Balaban J connectivity index is 1.76. The third kappa shape index (κ3) is 3.54. The first-order chi connectivity index (χ1) is 8.65. The average Bonchev–Trinajstić information content (AvgIpc) is 2.75. The van der Waals surface area contributed by atoms with Crippen LogP contribution in [0.15, 0.2) is 27.2 Å². The van der Waals surface area contributed by atoms with Crippen LogP contribution in [0.25, 0.3) is 0 Å². The van der Waals surface area contributed by atoms with Gasteiger partial charge in [0.05, 0.1) is 4.47 Å². The Morgan fingerprint density at radius 1 is 1.44 bits per heavy atom. The van der Waals surface area contributed by atoms with E-state index in [2.05, 4.69) is 31.4 Å². The number of aryl methyl sites for hydroxylation is 1. The fourth-order valence-corrected chi connectivity index (χ4v) is 1.96. The summed E-state index contributed by atoms with van der Waals surface area (Å²) >= 11 is 3.28. The molecule has 0 spiro atoms. The summed E-state index contributed by atoms with van der Waals surface area (Å²) in [7, 11) is 0. The van der Waals surface area contributed by atoms with E-state index < -0.39 is 0 Å². The van der Waals surface area contributed by atoms with E-state index >= 15 is 0 Å². The molecular formula is C12H14BrN3O2. The van der Waals surface area contributed by atoms with E-state index in [9.17, 15) is 5.11 Å². The van der Waals surface area contributed by atoms with Crippen LogP contribution >= 0.6 is 15.9 Å². The molecule has 0 atom stereocenters. The van der Waals surface area contributed by atoms with E-state index in [0.29, 0.717) is 16.2 Å². The van der Waals surface area contributed by atoms with Crippen molar-refractivity contribution in [3.05, 3.63) is 40.0 Å². The van der Waals surface area contributed by atoms with Crippen molar-refractivity contribution in [1.29, 1.82) is 0 Å². The summed E-state index contributed by atoms with van der Waals surface area (Å²) in [5.74, 6) is 1.56. The summed E-state index contributed by atoms with van der Waals surface area (Å²) in [6.45, 7) is 3.28. The van der Waals surface area contributed by atoms with Gasteiger partial charge < -0.3 is 14.9 Å². The molecule has 5 nitrogen and oxygen atoms in total. The van der Waals surface area contributed by atoms with Crippen LogP contribution in [0.3, 0.4) is 0 Å². The SMILES string of the molecule is Cc1nc(CCNCc2ccc(O)c(Br)c2)no1. The Bertz CT molecular complexity index is 528. The molecule has 2 N–H and O–H groups in total. The number of hydrogen-bond acceptors (Lipinski definition) is 5. The summed E-state index contributed by atoms with van der Waals surface area (Å²) in [6, 6.07) is 5.44. The van der Waals surface area contributed by atoms with Crippen molar-refractivity contribution in [1.82, 2.24) is 15.5 Å². The molecular weight excluding hydrogens is 298 g/mol. The molecule has 18 heavy (non-hydrogen) atoms. The van der Waals surface area contributed by atoms with Gasteiger partial charge in [-0.15, -0.1) is 0 Å². The fraction of sp³-hybridized carbons (Fsp3) is 0.333. The first-order valence-electron chi connectivity index (χ1n) is 5.62. The van der Waals surface area contributed by atoms with Gasteiger partial charge in [-0.2, -0.15) is 4.98 Å². The number of nitrogens with zero attached hydrogens (tertiary/aromatic N) is 2. The van der Waals surface area contributed by atoms with Crippen molar-refractivity contribution in [2.24, 2.45) is 0 Å². The van der Waals surface area contributed by atoms with E-state index in [4.69, 9.17) is 4.52 Å². The molecule has 0 saturated carbocycles. The number of phenolic OH excluding ortho intramolecular Hbond substituents is 1. The number of rotatable bonds is 5. The molecule has 0 amide bonds. The lowest BCUT2D eigenvalue weighted by molar-refractivity contribution is 0.387. The quantitative estimate of drug-likeness (QED) is 0.828. The van der Waals surface area contributed by atoms with Gasteiger partial charge >= 0.3 is 0 Å². The van der Waals surface area contributed by atoms with Crippen LogP contribution in [0.4, 0.5) is 0 Å². The highest BCUT2D eigenvalue weighted by Crippen LogP contribution is 2.24. The molecule has 1 aromatic carbocycles. The summed E-state index contributed by atoms with van der Waals surface area (Å²) in [5.41, 5.74) is 1.10. The highest BCUT2D eigenvalue weighted by atomic mass is 79.9. The van der Waals surface area contributed by atoms with Gasteiger partial charge in [0, 0.05) is 26.4 Å². The molecule has 96 valence electrons. The standard InChI is InChI=1S/C12H14BrN3O2/c1-8-15-12(16-18-8)4-5-14-7-9-2-3-11(17)10(13)6-9/h2-3,6,14,17H,4-5,7H2,1H3. The van der Waals surface area contributed by atoms with E-state index in [1.54, 1.807) is 13.0 Å². The maximum absolute atomic E-state index is 9.37. The predicted octanol–water partition coefficient (Wildman–Crippen LogP) is 2.18.